The Morgan fingerprint density at radius 3 is 2.38 bits per heavy atom. The third-order valence-corrected chi connectivity index (χ3v) is 12.2. The molecule has 1 atom stereocenters. The van der Waals surface area contributed by atoms with Crippen molar-refractivity contribution in [3.63, 3.8) is 0 Å². The zero-order valence-corrected chi connectivity index (χ0v) is 34.4. The standard InChI is InChI=1S/C38H54N10O7S/c1-25-26(2)44-45-33(25)43-34-29-18-32(56(50,51)38(6,7)8)31(19-30(29)41-24-42-34)53-16-9-10-46-11-13-47(14-12-46)35-39-20-27(21-40-35)54-23-28-22-48(15-17-52-28)36(49)55-37(3,4)5/h18-21,24,28H,9-17,22-23H2,1-8H3,(H2,41,42,43,44,45). The molecule has 304 valence electrons. The molecule has 0 spiro atoms. The smallest absolute Gasteiger partial charge is 0.410 e. The van der Waals surface area contributed by atoms with Gasteiger partial charge in [0, 0.05) is 56.3 Å². The minimum Gasteiger partial charge on any atom is -0.492 e. The average Bonchev–Trinajstić information content (AvgIpc) is 3.47. The van der Waals surface area contributed by atoms with Crippen molar-refractivity contribution in [3.05, 3.63) is 42.1 Å². The second-order valence-electron chi connectivity index (χ2n) is 16.1. The lowest BCUT2D eigenvalue weighted by atomic mass is 10.2. The number of aromatic nitrogens is 6. The van der Waals surface area contributed by atoms with Crippen molar-refractivity contribution >= 4 is 44.4 Å². The number of carbonyl (C=O) groups excluding carboxylic acids is 1. The van der Waals surface area contributed by atoms with Crippen LogP contribution in [0.2, 0.25) is 0 Å². The zero-order chi connectivity index (χ0) is 40.3. The number of fused-ring (bicyclic) bond motifs is 1. The Morgan fingerprint density at radius 2 is 1.71 bits per heavy atom. The first-order valence-corrected chi connectivity index (χ1v) is 20.4. The van der Waals surface area contributed by atoms with Crippen LogP contribution in [0.4, 0.5) is 22.4 Å². The predicted molar refractivity (Wildman–Crippen MR) is 212 cm³/mol. The van der Waals surface area contributed by atoms with E-state index >= 15 is 0 Å². The maximum absolute atomic E-state index is 13.8. The Hall–Kier alpha value is -4.81. The molecular formula is C38H54N10O7S. The van der Waals surface area contributed by atoms with Crippen LogP contribution >= 0.6 is 0 Å². The van der Waals surface area contributed by atoms with Crippen LogP contribution in [-0.2, 0) is 19.3 Å². The van der Waals surface area contributed by atoms with Crippen LogP contribution in [0, 0.1) is 13.8 Å². The summed E-state index contributed by atoms with van der Waals surface area (Å²) in [4.78, 5) is 36.6. The van der Waals surface area contributed by atoms with Gasteiger partial charge in [0.15, 0.2) is 15.6 Å². The van der Waals surface area contributed by atoms with Crippen molar-refractivity contribution < 1.29 is 32.2 Å². The molecule has 1 amide bonds. The van der Waals surface area contributed by atoms with E-state index in [1.807, 2.05) is 34.6 Å². The molecule has 2 fully saturated rings. The highest BCUT2D eigenvalue weighted by atomic mass is 32.2. The van der Waals surface area contributed by atoms with Crippen molar-refractivity contribution in [3.8, 4) is 11.5 Å². The Kier molecular flexibility index (Phi) is 12.2. The van der Waals surface area contributed by atoms with Crippen LogP contribution in [0.3, 0.4) is 0 Å². The predicted octanol–water partition coefficient (Wildman–Crippen LogP) is 4.68. The molecular weight excluding hydrogens is 741 g/mol. The summed E-state index contributed by atoms with van der Waals surface area (Å²) in [6, 6.07) is 3.30. The van der Waals surface area contributed by atoms with Gasteiger partial charge >= 0.3 is 6.09 Å². The zero-order valence-electron chi connectivity index (χ0n) is 33.6. The number of hydrogen-bond acceptors (Lipinski definition) is 15. The van der Waals surface area contributed by atoms with Gasteiger partial charge in [-0.25, -0.2) is 33.1 Å². The maximum atomic E-state index is 13.8. The number of benzene rings is 1. The fourth-order valence-corrected chi connectivity index (χ4v) is 7.55. The molecule has 17 nitrogen and oxygen atoms in total. The number of anilines is 3. The van der Waals surface area contributed by atoms with Gasteiger partial charge < -0.3 is 34.1 Å². The van der Waals surface area contributed by atoms with E-state index in [-0.39, 0.29) is 29.4 Å². The van der Waals surface area contributed by atoms with Crippen LogP contribution < -0.4 is 19.7 Å². The van der Waals surface area contributed by atoms with Gasteiger partial charge in [0.2, 0.25) is 5.95 Å². The summed E-state index contributed by atoms with van der Waals surface area (Å²) in [5.74, 6) is 2.57. The van der Waals surface area contributed by atoms with E-state index < -0.39 is 20.2 Å². The highest BCUT2D eigenvalue weighted by Crippen LogP contribution is 2.37. The number of aromatic amines is 1. The normalized spacial score (nSPS) is 17.2. The maximum Gasteiger partial charge on any atom is 0.410 e. The molecule has 0 saturated carbocycles. The Balaban J connectivity index is 0.996. The number of carbonyl (C=O) groups is 1. The number of piperazine rings is 1. The lowest BCUT2D eigenvalue weighted by molar-refractivity contribution is -0.0557. The second kappa shape index (κ2) is 16.7. The summed E-state index contributed by atoms with van der Waals surface area (Å²) in [7, 11) is -3.79. The van der Waals surface area contributed by atoms with Gasteiger partial charge in [-0.2, -0.15) is 5.10 Å². The minimum atomic E-state index is -3.79. The van der Waals surface area contributed by atoms with E-state index in [2.05, 4.69) is 45.2 Å². The Labute approximate surface area is 328 Å². The van der Waals surface area contributed by atoms with Gasteiger partial charge in [-0.15, -0.1) is 0 Å². The lowest BCUT2D eigenvalue weighted by Crippen LogP contribution is -2.49. The summed E-state index contributed by atoms with van der Waals surface area (Å²) >= 11 is 0. The molecule has 3 aromatic heterocycles. The van der Waals surface area contributed by atoms with Crippen molar-refractivity contribution in [1.82, 2.24) is 39.9 Å². The molecule has 6 rings (SSSR count). The number of H-pyrrole nitrogens is 1. The van der Waals surface area contributed by atoms with E-state index in [0.29, 0.717) is 67.0 Å². The van der Waals surface area contributed by atoms with Gasteiger partial charge in [-0.3, -0.25) is 10.00 Å². The molecule has 1 unspecified atom stereocenters. The Morgan fingerprint density at radius 1 is 0.982 bits per heavy atom. The highest BCUT2D eigenvalue weighted by molar-refractivity contribution is 7.92. The molecule has 4 aromatic rings. The van der Waals surface area contributed by atoms with Crippen LogP contribution in [-0.4, -0.2) is 137 Å². The van der Waals surface area contributed by atoms with Crippen molar-refractivity contribution in [1.29, 1.82) is 0 Å². The number of sulfone groups is 1. The number of nitrogens with zero attached hydrogens (tertiary/aromatic N) is 8. The fourth-order valence-electron chi connectivity index (χ4n) is 6.24. The molecule has 0 bridgehead atoms. The van der Waals surface area contributed by atoms with Crippen LogP contribution in [0.25, 0.3) is 10.9 Å². The molecule has 1 aromatic carbocycles. The van der Waals surface area contributed by atoms with Gasteiger partial charge in [0.25, 0.3) is 0 Å². The van der Waals surface area contributed by atoms with E-state index in [1.54, 1.807) is 50.2 Å². The van der Waals surface area contributed by atoms with Crippen molar-refractivity contribution in [2.24, 2.45) is 0 Å². The molecule has 2 saturated heterocycles. The molecule has 0 aliphatic carbocycles. The van der Waals surface area contributed by atoms with Gasteiger partial charge in [0.1, 0.15) is 46.9 Å². The molecule has 56 heavy (non-hydrogen) atoms. The number of hydrogen-bond donors (Lipinski definition) is 2. The van der Waals surface area contributed by atoms with Crippen molar-refractivity contribution in [2.45, 2.75) is 83.2 Å². The summed E-state index contributed by atoms with van der Waals surface area (Å²) in [6.45, 7) is 20.2. The Bertz CT molecular complexity index is 2090. The number of nitrogens with one attached hydrogen (secondary N) is 2. The molecule has 2 N–H and O–H groups in total. The van der Waals surface area contributed by atoms with E-state index in [4.69, 9.17) is 18.9 Å². The summed E-state index contributed by atoms with van der Waals surface area (Å²) in [6.07, 6.45) is 4.82. The largest absolute Gasteiger partial charge is 0.492 e. The topological polar surface area (TPSA) is 190 Å². The van der Waals surface area contributed by atoms with Crippen LogP contribution in [0.5, 0.6) is 11.5 Å². The van der Waals surface area contributed by atoms with Crippen LogP contribution in [0.1, 0.15) is 59.2 Å². The minimum absolute atomic E-state index is 0.102. The quantitative estimate of drug-likeness (QED) is 0.188. The van der Waals surface area contributed by atoms with E-state index in [0.717, 1.165) is 44.0 Å². The number of rotatable bonds is 12. The molecule has 0 radical (unpaired) electrons. The number of ether oxygens (including phenoxy) is 4. The van der Waals surface area contributed by atoms with Gasteiger partial charge in [-0.05, 0) is 67.9 Å². The second-order valence-corrected chi connectivity index (χ2v) is 18.7. The lowest BCUT2D eigenvalue weighted by Gasteiger charge is -2.34. The average molecular weight is 795 g/mol. The van der Waals surface area contributed by atoms with Gasteiger partial charge in [-0.1, -0.05) is 0 Å². The van der Waals surface area contributed by atoms with Gasteiger partial charge in [0.05, 0.1) is 48.1 Å². The first kappa shape index (κ1) is 40.8. The van der Waals surface area contributed by atoms with Crippen molar-refractivity contribution in [2.75, 3.05) is 75.9 Å². The van der Waals surface area contributed by atoms with E-state index in [1.165, 1.54) is 6.33 Å². The molecule has 18 heteroatoms. The monoisotopic (exact) mass is 794 g/mol. The fraction of sp³-hybridized carbons (Fsp3) is 0.579. The number of morpholine rings is 1. The molecule has 5 heterocycles. The number of amides is 1. The number of aryl methyl sites for hydroxylation is 1. The van der Waals surface area contributed by atoms with E-state index in [9.17, 15) is 13.2 Å². The first-order valence-electron chi connectivity index (χ1n) is 18.9. The first-order chi connectivity index (χ1) is 26.5. The SMILES string of the molecule is Cc1n[nH]c(Nc2ncnc3cc(OCCCN4CCN(c5ncc(OCC6CN(C(=O)OC(C)(C)C)CCO6)cn5)CC4)c(S(=O)(=O)C(C)(C)C)cc23)c1C. The summed E-state index contributed by atoms with van der Waals surface area (Å²) < 4.78 is 50.0. The summed E-state index contributed by atoms with van der Waals surface area (Å²) in [5.41, 5.74) is 1.78. The summed E-state index contributed by atoms with van der Waals surface area (Å²) in [5, 5.41) is 11.0. The highest BCUT2D eigenvalue weighted by Gasteiger charge is 2.35. The third-order valence-electron chi connectivity index (χ3n) is 9.67. The third kappa shape index (κ3) is 9.76. The molecule has 2 aliphatic rings. The molecule has 2 aliphatic heterocycles. The van der Waals surface area contributed by atoms with Crippen LogP contribution in [0.15, 0.2) is 35.7 Å².